The highest BCUT2D eigenvalue weighted by Gasteiger charge is 2.48. The van der Waals surface area contributed by atoms with Crippen molar-refractivity contribution < 1.29 is 19.5 Å². The van der Waals surface area contributed by atoms with Gasteiger partial charge in [-0.25, -0.2) is 5.48 Å². The number of hydroxylamine groups is 1. The Morgan fingerprint density at radius 2 is 2.25 bits per heavy atom. The van der Waals surface area contributed by atoms with Crippen molar-refractivity contribution in [3.63, 3.8) is 0 Å². The first-order valence-electron chi connectivity index (χ1n) is 3.81. The van der Waals surface area contributed by atoms with E-state index in [9.17, 15) is 9.59 Å². The van der Waals surface area contributed by atoms with Gasteiger partial charge in [0.05, 0.1) is 18.4 Å². The number of carbonyl (C=O) groups is 2. The average molecular weight is 173 g/mol. The van der Waals surface area contributed by atoms with Crippen LogP contribution < -0.4 is 5.48 Å². The molecule has 0 aromatic rings. The van der Waals surface area contributed by atoms with Gasteiger partial charge in [-0.2, -0.15) is 0 Å². The maximum atomic E-state index is 11.0. The Bertz CT molecular complexity index is 204. The molecule has 0 heterocycles. The molecule has 2 unspecified atom stereocenters. The number of carboxylic acids is 1. The molecule has 0 bridgehead atoms. The molecular formula is C7H11NO4. The van der Waals surface area contributed by atoms with Crippen LogP contribution >= 0.6 is 0 Å². The third kappa shape index (κ3) is 1.94. The highest BCUT2D eigenvalue weighted by Crippen LogP contribution is 2.38. The van der Waals surface area contributed by atoms with Gasteiger partial charge in [0.25, 0.3) is 0 Å². The Hall–Kier alpha value is -1.10. The van der Waals surface area contributed by atoms with Gasteiger partial charge in [0.2, 0.25) is 5.91 Å². The van der Waals surface area contributed by atoms with Crippen LogP contribution in [0.15, 0.2) is 0 Å². The van der Waals surface area contributed by atoms with E-state index in [0.717, 1.165) is 0 Å². The number of aliphatic carboxylic acids is 1. The topological polar surface area (TPSA) is 75.6 Å². The monoisotopic (exact) mass is 173 g/mol. The predicted octanol–water partition coefficient (Wildman–Crippen LogP) is -0.225. The minimum atomic E-state index is -0.911. The third-order valence-electron chi connectivity index (χ3n) is 1.76. The lowest BCUT2D eigenvalue weighted by molar-refractivity contribution is -0.142. The molecule has 0 aromatic heterocycles. The average Bonchev–Trinajstić information content (AvgIpc) is 2.78. The molecular weight excluding hydrogens is 162 g/mol. The Kier molecular flexibility index (Phi) is 2.65. The Morgan fingerprint density at radius 3 is 2.67 bits per heavy atom. The first-order valence-corrected chi connectivity index (χ1v) is 3.81. The standard InChI is InChI=1S/C7H11NO4/c1-2-12-8-6(9)4-3-5(4)7(10)11/h4-5H,2-3H2,1H3,(H,8,9)(H,10,11). The van der Waals surface area contributed by atoms with Crippen LogP contribution in [-0.4, -0.2) is 23.6 Å². The van der Waals surface area contributed by atoms with Crippen LogP contribution in [0.1, 0.15) is 13.3 Å². The van der Waals surface area contributed by atoms with E-state index in [1.165, 1.54) is 0 Å². The maximum Gasteiger partial charge on any atom is 0.307 e. The summed E-state index contributed by atoms with van der Waals surface area (Å²) < 4.78 is 0. The molecule has 2 atom stereocenters. The zero-order valence-corrected chi connectivity index (χ0v) is 6.74. The summed E-state index contributed by atoms with van der Waals surface area (Å²) in [5, 5.41) is 8.48. The van der Waals surface area contributed by atoms with Gasteiger partial charge in [-0.05, 0) is 13.3 Å². The molecule has 1 rings (SSSR count). The highest BCUT2D eigenvalue weighted by molar-refractivity contribution is 5.88. The summed E-state index contributed by atoms with van der Waals surface area (Å²) in [6, 6.07) is 0. The van der Waals surface area contributed by atoms with E-state index < -0.39 is 17.8 Å². The third-order valence-corrected chi connectivity index (χ3v) is 1.76. The number of hydrogen-bond acceptors (Lipinski definition) is 3. The SMILES string of the molecule is CCONC(=O)C1CC1C(=O)O. The molecule has 68 valence electrons. The van der Waals surface area contributed by atoms with Crippen molar-refractivity contribution in [2.45, 2.75) is 13.3 Å². The van der Waals surface area contributed by atoms with Crippen LogP contribution in [0, 0.1) is 11.8 Å². The Balaban J connectivity index is 2.24. The second kappa shape index (κ2) is 3.53. The summed E-state index contributed by atoms with van der Waals surface area (Å²) in [5.41, 5.74) is 2.18. The van der Waals surface area contributed by atoms with Gasteiger partial charge in [-0.1, -0.05) is 0 Å². The fourth-order valence-corrected chi connectivity index (χ4v) is 0.977. The van der Waals surface area contributed by atoms with Crippen molar-refractivity contribution in [3.05, 3.63) is 0 Å². The Morgan fingerprint density at radius 1 is 1.58 bits per heavy atom. The first kappa shape index (κ1) is 8.99. The van der Waals surface area contributed by atoms with Gasteiger partial charge < -0.3 is 5.11 Å². The van der Waals surface area contributed by atoms with Crippen molar-refractivity contribution in [3.8, 4) is 0 Å². The van der Waals surface area contributed by atoms with Crippen molar-refractivity contribution in [2.75, 3.05) is 6.61 Å². The van der Waals surface area contributed by atoms with Crippen LogP contribution in [0.3, 0.4) is 0 Å². The van der Waals surface area contributed by atoms with Crippen molar-refractivity contribution in [1.82, 2.24) is 5.48 Å². The lowest BCUT2D eigenvalue weighted by atomic mass is 10.3. The Labute approximate surface area is 69.7 Å². The number of hydrogen-bond donors (Lipinski definition) is 2. The maximum absolute atomic E-state index is 11.0. The number of carboxylic acid groups (broad SMARTS) is 1. The molecule has 1 aliphatic carbocycles. The summed E-state index contributed by atoms with van der Waals surface area (Å²) in [6.45, 7) is 2.12. The summed E-state index contributed by atoms with van der Waals surface area (Å²) in [4.78, 5) is 25.9. The van der Waals surface area contributed by atoms with Crippen LogP contribution in [-0.2, 0) is 14.4 Å². The molecule has 5 nitrogen and oxygen atoms in total. The zero-order chi connectivity index (χ0) is 9.14. The van der Waals surface area contributed by atoms with Gasteiger partial charge in [-0.3, -0.25) is 14.4 Å². The van der Waals surface area contributed by atoms with E-state index in [4.69, 9.17) is 5.11 Å². The van der Waals surface area contributed by atoms with Crippen LogP contribution in [0.25, 0.3) is 0 Å². The fraction of sp³-hybridized carbons (Fsp3) is 0.714. The molecule has 1 amide bonds. The normalized spacial score (nSPS) is 26.4. The number of nitrogens with one attached hydrogen (secondary N) is 1. The minimum Gasteiger partial charge on any atom is -0.481 e. The number of amides is 1. The molecule has 2 N–H and O–H groups in total. The molecule has 1 aliphatic rings. The summed E-state index contributed by atoms with van der Waals surface area (Å²) >= 11 is 0. The van der Waals surface area contributed by atoms with Crippen LogP contribution in [0.2, 0.25) is 0 Å². The molecule has 0 radical (unpaired) electrons. The molecule has 5 heteroatoms. The molecule has 0 saturated heterocycles. The van der Waals surface area contributed by atoms with E-state index in [1.54, 1.807) is 6.92 Å². The summed E-state index contributed by atoms with van der Waals surface area (Å²) in [7, 11) is 0. The second-order valence-electron chi connectivity index (χ2n) is 2.69. The minimum absolute atomic E-state index is 0.329. The van der Waals surface area contributed by atoms with E-state index in [2.05, 4.69) is 10.3 Å². The van der Waals surface area contributed by atoms with Gasteiger partial charge in [-0.15, -0.1) is 0 Å². The van der Waals surface area contributed by atoms with E-state index in [1.807, 2.05) is 0 Å². The van der Waals surface area contributed by atoms with Crippen molar-refractivity contribution in [1.29, 1.82) is 0 Å². The summed E-state index contributed by atoms with van der Waals surface area (Å²) in [5.74, 6) is -2.14. The lowest BCUT2D eigenvalue weighted by Gasteiger charge is -2.00. The molecule has 0 aromatic carbocycles. The van der Waals surface area contributed by atoms with Crippen LogP contribution in [0.4, 0.5) is 0 Å². The second-order valence-corrected chi connectivity index (χ2v) is 2.69. The quantitative estimate of drug-likeness (QED) is 0.576. The van der Waals surface area contributed by atoms with Crippen LogP contribution in [0.5, 0.6) is 0 Å². The van der Waals surface area contributed by atoms with Gasteiger partial charge >= 0.3 is 5.97 Å². The van der Waals surface area contributed by atoms with Crippen molar-refractivity contribution in [2.24, 2.45) is 11.8 Å². The zero-order valence-electron chi connectivity index (χ0n) is 6.74. The molecule has 0 spiro atoms. The predicted molar refractivity (Wildman–Crippen MR) is 39.0 cm³/mol. The van der Waals surface area contributed by atoms with E-state index >= 15 is 0 Å². The van der Waals surface area contributed by atoms with E-state index in [-0.39, 0.29) is 5.91 Å². The first-order chi connectivity index (χ1) is 5.66. The van der Waals surface area contributed by atoms with Crippen molar-refractivity contribution >= 4 is 11.9 Å². The highest BCUT2D eigenvalue weighted by atomic mass is 16.6. The largest absolute Gasteiger partial charge is 0.481 e. The molecule has 12 heavy (non-hydrogen) atoms. The molecule has 1 fully saturated rings. The number of carbonyl (C=O) groups excluding carboxylic acids is 1. The van der Waals surface area contributed by atoms with Gasteiger partial charge in [0, 0.05) is 0 Å². The van der Waals surface area contributed by atoms with Gasteiger partial charge in [0.1, 0.15) is 0 Å². The lowest BCUT2D eigenvalue weighted by Crippen LogP contribution is -2.26. The summed E-state index contributed by atoms with van der Waals surface area (Å²) in [6.07, 6.45) is 0.425. The molecule has 0 aliphatic heterocycles. The molecule has 1 saturated carbocycles. The fourth-order valence-electron chi connectivity index (χ4n) is 0.977. The number of rotatable bonds is 4. The smallest absolute Gasteiger partial charge is 0.307 e. The van der Waals surface area contributed by atoms with Gasteiger partial charge in [0.15, 0.2) is 0 Å². The van der Waals surface area contributed by atoms with E-state index in [0.29, 0.717) is 13.0 Å².